The summed E-state index contributed by atoms with van der Waals surface area (Å²) in [6.45, 7) is 14.2. The number of hydrogen-bond donors (Lipinski definition) is 2. The van der Waals surface area contributed by atoms with Gasteiger partial charge in [-0.3, -0.25) is 0 Å². The predicted octanol–water partition coefficient (Wildman–Crippen LogP) is 3.74. The molecule has 0 spiro atoms. The molecule has 0 fully saturated rings. The van der Waals surface area contributed by atoms with Crippen molar-refractivity contribution < 1.29 is 19.4 Å². The Morgan fingerprint density at radius 2 is 1.70 bits per heavy atom. The molecule has 5 nitrogen and oxygen atoms in total. The van der Waals surface area contributed by atoms with Crippen LogP contribution in [0.5, 0.6) is 0 Å². The van der Waals surface area contributed by atoms with E-state index in [-0.39, 0.29) is 17.6 Å². The molecule has 0 radical (unpaired) electrons. The highest BCUT2D eigenvalue weighted by Crippen LogP contribution is 2.34. The molecule has 0 saturated heterocycles. The van der Waals surface area contributed by atoms with E-state index in [9.17, 15) is 9.90 Å². The second kappa shape index (κ2) is 8.88. The number of nitrogens with one attached hydrogen (secondary N) is 1. The van der Waals surface area contributed by atoms with E-state index in [0.29, 0.717) is 12.5 Å². The number of carbonyl (C=O) groups excluding carboxylic acids is 1. The van der Waals surface area contributed by atoms with Gasteiger partial charge in [0.2, 0.25) is 0 Å². The maximum atomic E-state index is 11.9. The maximum absolute atomic E-state index is 11.9. The summed E-state index contributed by atoms with van der Waals surface area (Å²) in [5.41, 5.74) is -1.13. The summed E-state index contributed by atoms with van der Waals surface area (Å²) in [7, 11) is 1.70. The third-order valence-electron chi connectivity index (χ3n) is 3.99. The summed E-state index contributed by atoms with van der Waals surface area (Å²) in [6.07, 6.45) is 1.98. The zero-order chi connectivity index (χ0) is 18.3. The van der Waals surface area contributed by atoms with Gasteiger partial charge in [-0.25, -0.2) is 4.79 Å². The monoisotopic (exact) mass is 331 g/mol. The van der Waals surface area contributed by atoms with Gasteiger partial charge in [0.25, 0.3) is 0 Å². The fourth-order valence-electron chi connectivity index (χ4n) is 2.57. The normalized spacial score (nSPS) is 15.4. The van der Waals surface area contributed by atoms with Gasteiger partial charge < -0.3 is 19.9 Å². The minimum absolute atomic E-state index is 0.0285. The third kappa shape index (κ3) is 9.82. The number of amides is 1. The Hall–Kier alpha value is -0.810. The van der Waals surface area contributed by atoms with Crippen LogP contribution in [0.1, 0.15) is 67.7 Å². The average Bonchev–Trinajstić information content (AvgIpc) is 2.40. The minimum atomic E-state index is -0.526. The molecular weight excluding hydrogens is 294 g/mol. The number of carbonyl (C=O) groups is 1. The Morgan fingerprint density at radius 3 is 2.09 bits per heavy atom. The van der Waals surface area contributed by atoms with Crippen molar-refractivity contribution in [2.24, 2.45) is 11.3 Å². The Morgan fingerprint density at radius 1 is 1.13 bits per heavy atom. The summed E-state index contributed by atoms with van der Waals surface area (Å²) in [6, 6.07) is 0. The number of rotatable bonds is 9. The van der Waals surface area contributed by atoms with Crippen molar-refractivity contribution in [3.8, 4) is 0 Å². The van der Waals surface area contributed by atoms with Crippen LogP contribution < -0.4 is 5.32 Å². The molecular formula is C18H37NO4. The zero-order valence-corrected chi connectivity index (χ0v) is 16.3. The van der Waals surface area contributed by atoms with Crippen molar-refractivity contribution in [3.63, 3.8) is 0 Å². The largest absolute Gasteiger partial charge is 0.444 e. The molecule has 1 unspecified atom stereocenters. The van der Waals surface area contributed by atoms with Crippen molar-refractivity contribution in [1.82, 2.24) is 5.32 Å². The number of aliphatic hydroxyl groups is 1. The highest BCUT2D eigenvalue weighted by molar-refractivity contribution is 5.67. The van der Waals surface area contributed by atoms with Gasteiger partial charge in [-0.2, -0.15) is 0 Å². The molecule has 0 aromatic heterocycles. The van der Waals surface area contributed by atoms with Crippen LogP contribution in [-0.4, -0.2) is 42.7 Å². The second-order valence-corrected chi connectivity index (χ2v) is 8.58. The lowest BCUT2D eigenvalue weighted by Gasteiger charge is -2.36. The highest BCUT2D eigenvalue weighted by Gasteiger charge is 2.33. The third-order valence-corrected chi connectivity index (χ3v) is 3.99. The van der Waals surface area contributed by atoms with Crippen molar-refractivity contribution >= 4 is 6.09 Å². The summed E-state index contributed by atoms with van der Waals surface area (Å²) < 4.78 is 10.8. The fourth-order valence-corrected chi connectivity index (χ4v) is 2.57. The molecule has 2 N–H and O–H groups in total. The first-order valence-electron chi connectivity index (χ1n) is 8.48. The standard InChI is InChI=1S/C18H37NO4/c1-14(2)11-18(13-20,10-9-17(6,7)22-8)12-19-15(21)23-16(3,4)5/h14,20H,9-13H2,1-8H3,(H,19,21). The Balaban J connectivity index is 4.88. The van der Waals surface area contributed by atoms with Crippen LogP contribution in [0.25, 0.3) is 0 Å². The van der Waals surface area contributed by atoms with Gasteiger partial charge in [0.1, 0.15) is 5.60 Å². The van der Waals surface area contributed by atoms with E-state index in [1.165, 1.54) is 0 Å². The van der Waals surface area contributed by atoms with E-state index in [1.54, 1.807) is 7.11 Å². The molecule has 0 aromatic rings. The smallest absolute Gasteiger partial charge is 0.407 e. The van der Waals surface area contributed by atoms with E-state index in [0.717, 1.165) is 19.3 Å². The average molecular weight is 331 g/mol. The number of methoxy groups -OCH3 is 1. The molecule has 0 aliphatic carbocycles. The van der Waals surface area contributed by atoms with Gasteiger partial charge in [0.15, 0.2) is 0 Å². The number of ether oxygens (including phenoxy) is 2. The molecule has 23 heavy (non-hydrogen) atoms. The lowest BCUT2D eigenvalue weighted by atomic mass is 9.75. The molecule has 5 heteroatoms. The first-order valence-corrected chi connectivity index (χ1v) is 8.48. The van der Waals surface area contributed by atoms with Crippen molar-refractivity contribution in [3.05, 3.63) is 0 Å². The van der Waals surface area contributed by atoms with Gasteiger partial charge in [-0.05, 0) is 59.8 Å². The van der Waals surface area contributed by atoms with Crippen LogP contribution >= 0.6 is 0 Å². The van der Waals surface area contributed by atoms with Crippen molar-refractivity contribution in [1.29, 1.82) is 0 Å². The molecule has 0 aliphatic rings. The number of aliphatic hydroxyl groups excluding tert-OH is 1. The number of hydrogen-bond acceptors (Lipinski definition) is 4. The molecule has 0 heterocycles. The molecule has 1 amide bonds. The van der Waals surface area contributed by atoms with E-state index in [2.05, 4.69) is 19.2 Å². The Bertz CT molecular complexity index is 361. The predicted molar refractivity (Wildman–Crippen MR) is 93.5 cm³/mol. The molecule has 0 saturated carbocycles. The molecule has 138 valence electrons. The topological polar surface area (TPSA) is 67.8 Å². The van der Waals surface area contributed by atoms with E-state index in [1.807, 2.05) is 34.6 Å². The second-order valence-electron chi connectivity index (χ2n) is 8.58. The van der Waals surface area contributed by atoms with Crippen molar-refractivity contribution in [2.75, 3.05) is 20.3 Å². The van der Waals surface area contributed by atoms with Gasteiger partial charge in [0, 0.05) is 19.1 Å². The summed E-state index contributed by atoms with van der Waals surface area (Å²) in [5.74, 6) is 0.424. The summed E-state index contributed by atoms with van der Waals surface area (Å²) >= 11 is 0. The van der Waals surface area contributed by atoms with Crippen LogP contribution in [-0.2, 0) is 9.47 Å². The van der Waals surface area contributed by atoms with E-state index >= 15 is 0 Å². The first-order chi connectivity index (χ1) is 10.3. The fraction of sp³-hybridized carbons (Fsp3) is 0.944. The molecule has 0 rings (SSSR count). The quantitative estimate of drug-likeness (QED) is 0.675. The Labute approximate surface area is 142 Å². The van der Waals surface area contributed by atoms with Gasteiger partial charge in [-0.15, -0.1) is 0 Å². The SMILES string of the molecule is COC(C)(C)CCC(CO)(CNC(=O)OC(C)(C)C)CC(C)C. The van der Waals surface area contributed by atoms with Crippen molar-refractivity contribution in [2.45, 2.75) is 78.9 Å². The number of alkyl carbamates (subject to hydrolysis) is 1. The van der Waals surface area contributed by atoms with E-state index in [4.69, 9.17) is 9.47 Å². The zero-order valence-electron chi connectivity index (χ0n) is 16.3. The molecule has 1 atom stereocenters. The van der Waals surface area contributed by atoms with Gasteiger partial charge in [0.05, 0.1) is 12.2 Å². The summed E-state index contributed by atoms with van der Waals surface area (Å²) in [5, 5.41) is 12.8. The van der Waals surface area contributed by atoms with Gasteiger partial charge >= 0.3 is 6.09 Å². The molecule has 0 bridgehead atoms. The van der Waals surface area contributed by atoms with Gasteiger partial charge in [-0.1, -0.05) is 13.8 Å². The van der Waals surface area contributed by atoms with E-state index < -0.39 is 11.7 Å². The minimum Gasteiger partial charge on any atom is -0.444 e. The first kappa shape index (κ1) is 22.2. The van der Waals surface area contributed by atoms with Crippen LogP contribution in [0.4, 0.5) is 4.79 Å². The van der Waals surface area contributed by atoms with Crippen LogP contribution in [0.3, 0.4) is 0 Å². The Kier molecular flexibility index (Phi) is 8.57. The molecule has 0 aliphatic heterocycles. The maximum Gasteiger partial charge on any atom is 0.407 e. The highest BCUT2D eigenvalue weighted by atomic mass is 16.6. The molecule has 0 aromatic carbocycles. The van der Waals surface area contributed by atoms with Crippen LogP contribution in [0.15, 0.2) is 0 Å². The van der Waals surface area contributed by atoms with Crippen LogP contribution in [0, 0.1) is 11.3 Å². The lowest BCUT2D eigenvalue weighted by molar-refractivity contribution is -0.00830. The summed E-state index contributed by atoms with van der Waals surface area (Å²) in [4.78, 5) is 11.9. The van der Waals surface area contributed by atoms with Crippen LogP contribution in [0.2, 0.25) is 0 Å². The lowest BCUT2D eigenvalue weighted by Crippen LogP contribution is -2.44.